The number of hydrogen-bond acceptors (Lipinski definition) is 5. The van der Waals surface area contributed by atoms with E-state index < -0.39 is 4.92 Å². The molecule has 0 saturated carbocycles. The fraction of sp³-hybridized carbons (Fsp3) is 0.357. The van der Waals surface area contributed by atoms with Crippen molar-refractivity contribution >= 4 is 23.2 Å². The highest BCUT2D eigenvalue weighted by Gasteiger charge is 2.23. The molecule has 0 unspecified atom stereocenters. The normalized spacial score (nSPS) is 15.1. The maximum atomic E-state index is 11.3. The molecule has 20 heavy (non-hydrogen) atoms. The van der Waals surface area contributed by atoms with Crippen molar-refractivity contribution in [2.75, 3.05) is 25.1 Å². The van der Waals surface area contributed by atoms with Gasteiger partial charge < -0.3 is 9.64 Å². The van der Waals surface area contributed by atoms with Gasteiger partial charge >= 0.3 is 5.69 Å². The Morgan fingerprint density at radius 3 is 2.55 bits per heavy atom. The molecule has 1 aromatic carbocycles. The molecule has 0 spiro atoms. The molecule has 0 radical (unpaired) electrons. The van der Waals surface area contributed by atoms with Crippen LogP contribution < -0.4 is 9.64 Å². The molecule has 6 nitrogen and oxygen atoms in total. The summed E-state index contributed by atoms with van der Waals surface area (Å²) in [4.78, 5) is 23.9. The van der Waals surface area contributed by atoms with Gasteiger partial charge in [-0.3, -0.25) is 14.9 Å². The summed E-state index contributed by atoms with van der Waals surface area (Å²) < 4.78 is 5.09. The number of rotatable bonds is 4. The summed E-state index contributed by atoms with van der Waals surface area (Å²) in [6.45, 7) is 4.92. The number of anilines is 1. The number of nitrogens with zero attached hydrogens (tertiary/aromatic N) is 2. The number of ether oxygens (including phenoxy) is 1. The van der Waals surface area contributed by atoms with Crippen LogP contribution in [-0.2, 0) is 4.79 Å². The zero-order chi connectivity index (χ0) is 14.7. The van der Waals surface area contributed by atoms with E-state index >= 15 is 0 Å². The first-order valence-electron chi connectivity index (χ1n) is 6.32. The summed E-state index contributed by atoms with van der Waals surface area (Å²) in [5.74, 6) is 0.461. The Kier molecular flexibility index (Phi) is 4.02. The lowest BCUT2D eigenvalue weighted by Gasteiger charge is -2.29. The summed E-state index contributed by atoms with van der Waals surface area (Å²) in [6, 6.07) is 3.10. The Balaban J connectivity index is 2.44. The lowest BCUT2D eigenvalue weighted by Crippen LogP contribution is -2.34. The van der Waals surface area contributed by atoms with Crippen LogP contribution in [0.4, 0.5) is 11.4 Å². The highest BCUT2D eigenvalue weighted by Crippen LogP contribution is 2.36. The number of hydrogen-bond donors (Lipinski definition) is 0. The molecular weight excluding hydrogens is 260 g/mol. The van der Waals surface area contributed by atoms with Gasteiger partial charge in [0.05, 0.1) is 12.0 Å². The molecule has 0 atom stereocenters. The van der Waals surface area contributed by atoms with Gasteiger partial charge in [0.2, 0.25) is 0 Å². The molecule has 1 saturated heterocycles. The van der Waals surface area contributed by atoms with Crippen LogP contribution in [0.1, 0.15) is 18.4 Å². The first-order chi connectivity index (χ1) is 9.56. The van der Waals surface area contributed by atoms with Crippen molar-refractivity contribution in [3.63, 3.8) is 0 Å². The zero-order valence-corrected chi connectivity index (χ0v) is 11.3. The Bertz CT molecular complexity index is 559. The van der Waals surface area contributed by atoms with E-state index in [1.54, 1.807) is 12.1 Å². The van der Waals surface area contributed by atoms with Crippen molar-refractivity contribution in [3.05, 3.63) is 34.4 Å². The van der Waals surface area contributed by atoms with E-state index in [1.165, 1.54) is 13.2 Å². The van der Waals surface area contributed by atoms with Crippen molar-refractivity contribution in [1.82, 2.24) is 0 Å². The third-order valence-electron chi connectivity index (χ3n) is 3.41. The largest absolute Gasteiger partial charge is 0.490 e. The minimum absolute atomic E-state index is 0.0840. The summed E-state index contributed by atoms with van der Waals surface area (Å²) in [6.07, 6.45) is 2.57. The first-order valence-corrected chi connectivity index (χ1v) is 6.32. The van der Waals surface area contributed by atoms with Gasteiger partial charge in [-0.15, -0.1) is 0 Å². The Morgan fingerprint density at radius 2 is 2.05 bits per heavy atom. The molecule has 1 fully saturated rings. The van der Waals surface area contributed by atoms with Crippen molar-refractivity contribution < 1.29 is 14.5 Å². The molecule has 2 rings (SSSR count). The fourth-order valence-corrected chi connectivity index (χ4v) is 2.31. The fourth-order valence-electron chi connectivity index (χ4n) is 2.31. The third-order valence-corrected chi connectivity index (χ3v) is 3.41. The van der Waals surface area contributed by atoms with E-state index in [1.807, 2.05) is 4.90 Å². The van der Waals surface area contributed by atoms with Gasteiger partial charge in [0, 0.05) is 49.3 Å². The molecule has 0 aliphatic carbocycles. The molecule has 0 N–H and O–H groups in total. The molecule has 6 heteroatoms. The van der Waals surface area contributed by atoms with E-state index in [2.05, 4.69) is 6.58 Å². The molecule has 0 bridgehead atoms. The summed E-state index contributed by atoms with van der Waals surface area (Å²) in [5, 5.41) is 11.0. The monoisotopic (exact) mass is 276 g/mol. The highest BCUT2D eigenvalue weighted by molar-refractivity contribution is 5.82. The Morgan fingerprint density at radius 1 is 1.40 bits per heavy atom. The molecule has 0 aromatic heterocycles. The second-order valence-corrected chi connectivity index (χ2v) is 4.57. The van der Waals surface area contributed by atoms with Gasteiger partial charge in [-0.25, -0.2) is 0 Å². The van der Waals surface area contributed by atoms with E-state index in [9.17, 15) is 14.9 Å². The van der Waals surface area contributed by atoms with Gasteiger partial charge in [-0.05, 0) is 0 Å². The van der Waals surface area contributed by atoms with E-state index in [-0.39, 0.29) is 17.2 Å². The molecular formula is C14H16N2O4. The van der Waals surface area contributed by atoms with Crippen LogP contribution in [0.25, 0.3) is 6.08 Å². The molecule has 1 aromatic rings. The van der Waals surface area contributed by atoms with Crippen molar-refractivity contribution in [1.29, 1.82) is 0 Å². The minimum atomic E-state index is -0.477. The SMILES string of the molecule is C=Cc1cc([N+](=O)[O-])c(OC)cc1N1CCC(=O)CC1. The smallest absolute Gasteiger partial charge is 0.311 e. The first kappa shape index (κ1) is 14.0. The number of methoxy groups -OCH3 is 1. The third kappa shape index (κ3) is 2.64. The number of ketones is 1. The lowest BCUT2D eigenvalue weighted by atomic mass is 10.1. The van der Waals surface area contributed by atoms with Crippen LogP contribution in [0.3, 0.4) is 0 Å². The molecule has 1 aliphatic rings. The lowest BCUT2D eigenvalue weighted by molar-refractivity contribution is -0.385. The van der Waals surface area contributed by atoms with Crippen LogP contribution in [0.2, 0.25) is 0 Å². The number of nitro groups is 1. The van der Waals surface area contributed by atoms with Gasteiger partial charge in [0.25, 0.3) is 0 Å². The number of piperidine rings is 1. The average molecular weight is 276 g/mol. The van der Waals surface area contributed by atoms with Crippen LogP contribution in [0, 0.1) is 10.1 Å². The molecule has 1 aliphatic heterocycles. The maximum absolute atomic E-state index is 11.3. The zero-order valence-electron chi connectivity index (χ0n) is 11.3. The van der Waals surface area contributed by atoms with Crippen LogP contribution >= 0.6 is 0 Å². The second-order valence-electron chi connectivity index (χ2n) is 4.57. The van der Waals surface area contributed by atoms with E-state index in [4.69, 9.17) is 4.74 Å². The second kappa shape index (κ2) is 5.73. The molecule has 106 valence electrons. The Hall–Kier alpha value is -2.37. The number of carbonyl (C=O) groups excluding carboxylic acids is 1. The van der Waals surface area contributed by atoms with Crippen LogP contribution in [0.15, 0.2) is 18.7 Å². The van der Waals surface area contributed by atoms with Crippen molar-refractivity contribution in [3.8, 4) is 5.75 Å². The van der Waals surface area contributed by atoms with E-state index in [0.29, 0.717) is 31.5 Å². The number of Topliss-reactive ketones (excluding diaryl/α,β-unsaturated/α-hetero) is 1. The van der Waals surface area contributed by atoms with Gasteiger partial charge in [0.15, 0.2) is 5.75 Å². The quantitative estimate of drug-likeness (QED) is 0.623. The van der Waals surface area contributed by atoms with Crippen LogP contribution in [-0.4, -0.2) is 30.9 Å². The highest BCUT2D eigenvalue weighted by atomic mass is 16.6. The maximum Gasteiger partial charge on any atom is 0.311 e. The minimum Gasteiger partial charge on any atom is -0.490 e. The van der Waals surface area contributed by atoms with Crippen LogP contribution in [0.5, 0.6) is 5.75 Å². The predicted octanol–water partition coefficient (Wildman–Crippen LogP) is 2.42. The number of benzene rings is 1. The standard InChI is InChI=1S/C14H16N2O4/c1-3-10-8-13(16(18)19)14(20-2)9-12(10)15-6-4-11(17)5-7-15/h3,8-9H,1,4-7H2,2H3. The van der Waals surface area contributed by atoms with Gasteiger partial charge in [0.1, 0.15) is 5.78 Å². The summed E-state index contributed by atoms with van der Waals surface area (Å²) in [7, 11) is 1.40. The summed E-state index contributed by atoms with van der Waals surface area (Å²) >= 11 is 0. The predicted molar refractivity (Wildman–Crippen MR) is 76.2 cm³/mol. The van der Waals surface area contributed by atoms with Gasteiger partial charge in [-0.1, -0.05) is 12.7 Å². The van der Waals surface area contributed by atoms with Crippen molar-refractivity contribution in [2.45, 2.75) is 12.8 Å². The molecule has 0 amide bonds. The summed E-state index contributed by atoms with van der Waals surface area (Å²) in [5.41, 5.74) is 1.40. The van der Waals surface area contributed by atoms with E-state index in [0.717, 1.165) is 5.69 Å². The topological polar surface area (TPSA) is 72.7 Å². The Labute approximate surface area is 116 Å². The number of nitro benzene ring substituents is 1. The van der Waals surface area contributed by atoms with Gasteiger partial charge in [-0.2, -0.15) is 0 Å². The average Bonchev–Trinajstić information content (AvgIpc) is 2.46. The van der Waals surface area contributed by atoms with Crippen molar-refractivity contribution in [2.24, 2.45) is 0 Å². The number of carbonyl (C=O) groups is 1. The molecule has 1 heterocycles.